The van der Waals surface area contributed by atoms with Crippen LogP contribution in [0.1, 0.15) is 11.1 Å². The smallest absolute Gasteiger partial charge is 0.207 e. The lowest BCUT2D eigenvalue weighted by Gasteiger charge is -2.27. The Hall–Kier alpha value is -4.15. The molecule has 36 heavy (non-hydrogen) atoms. The summed E-state index contributed by atoms with van der Waals surface area (Å²) in [5.74, 6) is 0. The Balaban J connectivity index is 1.45. The van der Waals surface area contributed by atoms with Gasteiger partial charge in [-0.25, -0.2) is 8.42 Å². The van der Waals surface area contributed by atoms with Crippen molar-refractivity contribution in [1.29, 1.82) is 0 Å². The van der Waals surface area contributed by atoms with Gasteiger partial charge in [0.2, 0.25) is 9.84 Å². The second-order valence-electron chi connectivity index (χ2n) is 8.95. The molecule has 0 atom stereocenters. The summed E-state index contributed by atoms with van der Waals surface area (Å²) >= 11 is 0. The first kappa shape index (κ1) is 22.3. The van der Waals surface area contributed by atoms with E-state index in [2.05, 4.69) is 65.6 Å². The molecule has 5 aromatic carbocycles. The Morgan fingerprint density at radius 2 is 1.06 bits per heavy atom. The van der Waals surface area contributed by atoms with E-state index >= 15 is 0 Å². The number of fused-ring (bicyclic) bond motifs is 2. The zero-order valence-corrected chi connectivity index (χ0v) is 20.5. The number of benzene rings is 5. The summed E-state index contributed by atoms with van der Waals surface area (Å²) < 4.78 is 26.9. The van der Waals surface area contributed by atoms with Crippen LogP contribution in [-0.2, 0) is 22.7 Å². The predicted molar refractivity (Wildman–Crippen MR) is 146 cm³/mol. The van der Waals surface area contributed by atoms with Crippen LogP contribution < -0.4 is 4.90 Å². The minimum atomic E-state index is -3.64. The van der Waals surface area contributed by atoms with Crippen molar-refractivity contribution in [2.45, 2.75) is 22.6 Å². The molecule has 1 heterocycles. The van der Waals surface area contributed by atoms with Gasteiger partial charge in [-0.1, -0.05) is 84.9 Å². The number of para-hydroxylation sites is 2. The van der Waals surface area contributed by atoms with Gasteiger partial charge in [0.05, 0.1) is 9.79 Å². The van der Waals surface area contributed by atoms with Gasteiger partial charge in [-0.2, -0.15) is 0 Å². The van der Waals surface area contributed by atoms with E-state index in [0.717, 1.165) is 24.1 Å². The lowest BCUT2D eigenvalue weighted by molar-refractivity contribution is 0.596. The van der Waals surface area contributed by atoms with E-state index in [-0.39, 0.29) is 0 Å². The molecule has 6 rings (SSSR count). The maximum Gasteiger partial charge on any atom is 0.207 e. The highest BCUT2D eigenvalue weighted by Gasteiger charge is 2.23. The molecule has 0 radical (unpaired) electrons. The topological polar surface area (TPSA) is 37.4 Å². The van der Waals surface area contributed by atoms with E-state index < -0.39 is 9.84 Å². The molecule has 4 heteroatoms. The minimum Gasteiger partial charge on any atom is -0.310 e. The van der Waals surface area contributed by atoms with Crippen molar-refractivity contribution < 1.29 is 8.42 Å². The van der Waals surface area contributed by atoms with Gasteiger partial charge >= 0.3 is 0 Å². The zero-order chi connectivity index (χ0) is 24.5. The van der Waals surface area contributed by atoms with E-state index in [1.54, 1.807) is 36.4 Å². The molecular weight excluding hydrogens is 462 g/mol. The molecule has 3 nitrogen and oxygen atoms in total. The standard InChI is InChI=1S/C32H25NO2S/c34-36(35,28-12-2-1-3-13-28)32-17-9-6-14-29(32)24-20-22-27(23-21-24)33-30-15-7-4-10-25(30)18-19-26-11-5-8-16-31(26)33/h1-17,20-23H,18-19H2. The summed E-state index contributed by atoms with van der Waals surface area (Å²) in [5.41, 5.74) is 7.61. The Morgan fingerprint density at radius 3 is 1.69 bits per heavy atom. The Morgan fingerprint density at radius 1 is 0.528 bits per heavy atom. The van der Waals surface area contributed by atoms with Crippen molar-refractivity contribution in [3.05, 3.63) is 139 Å². The van der Waals surface area contributed by atoms with Gasteiger partial charge < -0.3 is 4.90 Å². The lowest BCUT2D eigenvalue weighted by atomic mass is 10.0. The van der Waals surface area contributed by atoms with Crippen molar-refractivity contribution in [2.24, 2.45) is 0 Å². The van der Waals surface area contributed by atoms with Gasteiger partial charge in [-0.3, -0.25) is 0 Å². The van der Waals surface area contributed by atoms with E-state index in [1.165, 1.54) is 22.5 Å². The second-order valence-corrected chi connectivity index (χ2v) is 10.9. The maximum absolute atomic E-state index is 13.4. The summed E-state index contributed by atoms with van der Waals surface area (Å²) in [6.45, 7) is 0. The highest BCUT2D eigenvalue weighted by molar-refractivity contribution is 7.91. The summed E-state index contributed by atoms with van der Waals surface area (Å²) in [4.78, 5) is 2.93. The molecule has 0 bridgehead atoms. The first-order valence-electron chi connectivity index (χ1n) is 12.1. The highest BCUT2D eigenvalue weighted by atomic mass is 32.2. The summed E-state index contributed by atoms with van der Waals surface area (Å²) in [5, 5.41) is 0. The summed E-state index contributed by atoms with van der Waals surface area (Å²) in [6.07, 6.45) is 1.99. The molecule has 1 aliphatic rings. The number of anilines is 3. The molecule has 0 fully saturated rings. The van der Waals surface area contributed by atoms with Crippen LogP contribution in [0.15, 0.2) is 137 Å². The molecule has 0 saturated carbocycles. The Bertz CT molecular complexity index is 1590. The normalized spacial score (nSPS) is 12.9. The number of hydrogen-bond donors (Lipinski definition) is 0. The first-order valence-corrected chi connectivity index (χ1v) is 13.6. The van der Waals surface area contributed by atoms with Gasteiger partial charge in [0.25, 0.3) is 0 Å². The van der Waals surface area contributed by atoms with Gasteiger partial charge in [0.15, 0.2) is 0 Å². The van der Waals surface area contributed by atoms with E-state index in [1.807, 2.05) is 30.3 Å². The van der Waals surface area contributed by atoms with Crippen molar-refractivity contribution in [2.75, 3.05) is 4.90 Å². The van der Waals surface area contributed by atoms with Gasteiger partial charge in [0.1, 0.15) is 0 Å². The predicted octanol–water partition coefficient (Wildman–Crippen LogP) is 7.75. The quantitative estimate of drug-likeness (QED) is 0.260. The van der Waals surface area contributed by atoms with Gasteiger partial charge in [-0.15, -0.1) is 0 Å². The number of hydrogen-bond acceptors (Lipinski definition) is 3. The highest BCUT2D eigenvalue weighted by Crippen LogP contribution is 2.42. The van der Waals surface area contributed by atoms with Crippen LogP contribution in [0.5, 0.6) is 0 Å². The van der Waals surface area contributed by atoms with Crippen molar-refractivity contribution in [3.63, 3.8) is 0 Å². The average molecular weight is 488 g/mol. The zero-order valence-electron chi connectivity index (χ0n) is 19.7. The van der Waals surface area contributed by atoms with Crippen molar-refractivity contribution >= 4 is 26.9 Å². The molecule has 0 spiro atoms. The van der Waals surface area contributed by atoms with Crippen molar-refractivity contribution in [1.82, 2.24) is 0 Å². The lowest BCUT2D eigenvalue weighted by Crippen LogP contribution is -2.11. The first-order chi connectivity index (χ1) is 17.6. The fraction of sp³-hybridized carbons (Fsp3) is 0.0625. The van der Waals surface area contributed by atoms with Gasteiger partial charge in [0, 0.05) is 22.6 Å². The van der Waals surface area contributed by atoms with Gasteiger partial charge in [-0.05, 0) is 72.0 Å². The number of aryl methyl sites for hydroxylation is 2. The molecule has 0 unspecified atom stereocenters. The van der Waals surface area contributed by atoms with Crippen LogP contribution in [0, 0.1) is 0 Å². The third kappa shape index (κ3) is 3.90. The number of rotatable bonds is 4. The fourth-order valence-corrected chi connectivity index (χ4v) is 6.52. The fourth-order valence-electron chi connectivity index (χ4n) is 5.01. The summed E-state index contributed by atoms with van der Waals surface area (Å²) in [6, 6.07) is 41.1. The minimum absolute atomic E-state index is 0.298. The molecular formula is C32H25NO2S. The molecule has 0 amide bonds. The average Bonchev–Trinajstić information content (AvgIpc) is 3.11. The molecule has 1 aliphatic heterocycles. The van der Waals surface area contributed by atoms with Crippen LogP contribution in [-0.4, -0.2) is 8.42 Å². The molecule has 0 aromatic heterocycles. The number of sulfone groups is 1. The largest absolute Gasteiger partial charge is 0.310 e. The SMILES string of the molecule is O=S(=O)(c1ccccc1)c1ccccc1-c1ccc(N2c3ccccc3CCc3ccccc32)cc1. The monoisotopic (exact) mass is 487 g/mol. The van der Waals surface area contributed by atoms with E-state index in [4.69, 9.17) is 0 Å². The molecule has 176 valence electrons. The Kier molecular flexibility index (Phi) is 5.67. The van der Waals surface area contributed by atoms with Crippen molar-refractivity contribution in [3.8, 4) is 11.1 Å². The Labute approximate surface area is 212 Å². The molecule has 0 saturated heterocycles. The van der Waals surface area contributed by atoms with Crippen LogP contribution in [0.25, 0.3) is 11.1 Å². The van der Waals surface area contributed by atoms with Crippen LogP contribution >= 0.6 is 0 Å². The molecule has 5 aromatic rings. The maximum atomic E-state index is 13.4. The van der Waals surface area contributed by atoms with E-state index in [0.29, 0.717) is 15.4 Å². The van der Waals surface area contributed by atoms with Crippen LogP contribution in [0.4, 0.5) is 17.1 Å². The van der Waals surface area contributed by atoms with E-state index in [9.17, 15) is 8.42 Å². The van der Waals surface area contributed by atoms with Crippen LogP contribution in [0.2, 0.25) is 0 Å². The van der Waals surface area contributed by atoms with Crippen LogP contribution in [0.3, 0.4) is 0 Å². The number of nitrogens with zero attached hydrogens (tertiary/aromatic N) is 1. The summed E-state index contributed by atoms with van der Waals surface area (Å²) in [7, 11) is -3.64. The third-order valence-electron chi connectivity index (χ3n) is 6.80. The molecule has 0 N–H and O–H groups in total. The second kappa shape index (κ2) is 9.14. The third-order valence-corrected chi connectivity index (χ3v) is 8.62. The molecule has 0 aliphatic carbocycles.